The number of nitrogens with zero attached hydrogens (tertiary/aromatic N) is 4. The van der Waals surface area contributed by atoms with Crippen LogP contribution in [0.25, 0.3) is 11.3 Å². The SMILES string of the molecule is C.C.C.CC.CN1C2CCC1CN(c1cc(-c3ccccc3O)nnc1N)C2.[3H]PC.[W]. The van der Waals surface area contributed by atoms with Crippen molar-refractivity contribution in [2.45, 2.75) is 61.1 Å². The number of phenolic OH excluding ortho intramolecular Hbond substituents is 1. The van der Waals surface area contributed by atoms with Gasteiger partial charge in [0.2, 0.25) is 0 Å². The van der Waals surface area contributed by atoms with Crippen molar-refractivity contribution in [2.24, 2.45) is 0 Å². The summed E-state index contributed by atoms with van der Waals surface area (Å²) < 4.78 is 6.24. The van der Waals surface area contributed by atoms with Gasteiger partial charge in [0.05, 0.1) is 12.7 Å². The maximum Gasteiger partial charge on any atom is 0.169 e. The molecule has 3 atom stereocenters. The van der Waals surface area contributed by atoms with Crippen molar-refractivity contribution < 1.29 is 26.2 Å². The third-order valence-corrected chi connectivity index (χ3v) is 5.17. The van der Waals surface area contributed by atoms with E-state index in [0.717, 1.165) is 18.8 Å². The minimum absolute atomic E-state index is 0. The van der Waals surface area contributed by atoms with Gasteiger partial charge in [-0.3, -0.25) is 4.90 Å². The monoisotopic (exact) mass is 623 g/mol. The minimum Gasteiger partial charge on any atom is -0.507 e. The molecule has 31 heavy (non-hydrogen) atoms. The van der Waals surface area contributed by atoms with Crippen molar-refractivity contribution >= 4 is 20.7 Å². The molecule has 0 spiro atoms. The summed E-state index contributed by atoms with van der Waals surface area (Å²) in [6.07, 6.45) is 2.48. The van der Waals surface area contributed by atoms with Crippen LogP contribution in [0, 0.1) is 0 Å². The number of benzene rings is 1. The van der Waals surface area contributed by atoms with E-state index in [0.29, 0.717) is 38.3 Å². The zero-order valence-corrected chi connectivity index (χ0v) is 21.0. The zero-order chi connectivity index (χ0) is 20.7. The third kappa shape index (κ3) is 7.70. The first-order valence-corrected chi connectivity index (χ1v) is 10.5. The van der Waals surface area contributed by atoms with Gasteiger partial charge < -0.3 is 15.7 Å². The number of likely N-dealkylation sites (N-methyl/N-ethyl adjacent to an activating group) is 1. The fraction of sp³-hybridized carbons (Fsp3) is 0.565. The number of hydrogen-bond donors (Lipinski definition) is 2. The van der Waals surface area contributed by atoms with Gasteiger partial charge in [-0.1, -0.05) is 54.9 Å². The molecule has 0 amide bonds. The molecule has 2 aliphatic heterocycles. The molecule has 1 aromatic carbocycles. The van der Waals surface area contributed by atoms with E-state index in [2.05, 4.69) is 27.0 Å². The molecule has 0 radical (unpaired) electrons. The van der Waals surface area contributed by atoms with Crippen LogP contribution in [0.1, 0.15) is 49.0 Å². The summed E-state index contributed by atoms with van der Waals surface area (Å²) in [5, 5.41) is 18.3. The number of aromatic nitrogens is 2. The Morgan fingerprint density at radius 2 is 1.61 bits per heavy atom. The van der Waals surface area contributed by atoms with E-state index < -0.39 is 0 Å². The van der Waals surface area contributed by atoms with Crippen LogP contribution in [-0.2, 0) is 21.1 Å². The fourth-order valence-electron chi connectivity index (χ4n) is 3.78. The summed E-state index contributed by atoms with van der Waals surface area (Å²) in [5.41, 5.74) is 8.34. The molecular weight excluding hydrogens is 577 g/mol. The molecule has 2 bridgehead atoms. The van der Waals surface area contributed by atoms with Crippen molar-refractivity contribution in [1.82, 2.24) is 15.1 Å². The molecule has 8 heteroatoms. The fourth-order valence-corrected chi connectivity index (χ4v) is 3.78. The second-order valence-electron chi connectivity index (χ2n) is 6.47. The van der Waals surface area contributed by atoms with E-state index in [9.17, 15) is 5.11 Å². The number of nitrogen functional groups attached to an aromatic ring is 1. The Morgan fingerprint density at radius 1 is 1.10 bits per heavy atom. The standard InChI is InChI=1S/C17H21N5O.C2H6.CH5P.3CH4.W/c1-21-11-6-7-12(21)10-22(9-11)15-8-14(19-20-17(15)18)13-4-2-3-5-16(13)23;2*1-2;;;;/h2-5,8,11-12,23H,6-7,9-10H2,1H3,(H2,18,20);1-2H3;2H2,1H3;3*1H4;/i;;2T;;;;. The number of fused-ring (bicyclic) bond motifs is 2. The number of hydrogen-bond acceptors (Lipinski definition) is 6. The topological polar surface area (TPSA) is 78.5 Å². The first-order valence-electron chi connectivity index (χ1n) is 10.0. The van der Waals surface area contributed by atoms with Gasteiger partial charge in [0.25, 0.3) is 0 Å². The predicted molar refractivity (Wildman–Crippen MR) is 138 cm³/mol. The Kier molecular flexibility index (Phi) is 16.9. The summed E-state index contributed by atoms with van der Waals surface area (Å²) in [5.74, 6) is 0.657. The number of anilines is 2. The molecule has 2 saturated heterocycles. The van der Waals surface area contributed by atoms with Crippen LogP contribution < -0.4 is 10.6 Å². The molecule has 0 saturated carbocycles. The number of phenols is 1. The second kappa shape index (κ2) is 16.4. The Hall–Kier alpha value is -1.22. The summed E-state index contributed by atoms with van der Waals surface area (Å²) in [6.45, 7) is 7.74. The normalized spacial score (nSPS) is 19.1. The zero-order valence-electron chi connectivity index (χ0n) is 18.1. The number of para-hydroxylation sites is 1. The average molecular weight is 623 g/mol. The average Bonchev–Trinajstić information content (AvgIpc) is 2.92. The Morgan fingerprint density at radius 3 is 2.13 bits per heavy atom. The maximum atomic E-state index is 10.0. The van der Waals surface area contributed by atoms with Gasteiger partial charge >= 0.3 is 0 Å². The van der Waals surface area contributed by atoms with E-state index in [1.807, 2.05) is 38.7 Å². The molecule has 4 rings (SSSR count). The molecule has 0 aliphatic carbocycles. The molecule has 3 unspecified atom stereocenters. The quantitative estimate of drug-likeness (QED) is 0.452. The smallest absolute Gasteiger partial charge is 0.169 e. The van der Waals surface area contributed by atoms with E-state index in [1.165, 1.54) is 12.8 Å². The van der Waals surface area contributed by atoms with Crippen molar-refractivity contribution in [1.29, 1.82) is 1.28 Å². The molecule has 2 aromatic rings. The van der Waals surface area contributed by atoms with Crippen molar-refractivity contribution in [3.63, 3.8) is 0 Å². The Bertz CT molecular complexity index is 757. The van der Waals surface area contributed by atoms with Gasteiger partial charge in [-0.2, -0.15) is 0 Å². The van der Waals surface area contributed by atoms with Gasteiger partial charge in [0.15, 0.2) is 5.82 Å². The summed E-state index contributed by atoms with van der Waals surface area (Å²) in [7, 11) is 2.54. The maximum absolute atomic E-state index is 10.0. The van der Waals surface area contributed by atoms with Crippen LogP contribution in [0.4, 0.5) is 11.5 Å². The van der Waals surface area contributed by atoms with E-state index in [1.54, 1.807) is 12.1 Å². The van der Waals surface area contributed by atoms with Crippen LogP contribution in [0.2, 0.25) is 0 Å². The summed E-state index contributed by atoms with van der Waals surface area (Å²) >= 11 is 0. The summed E-state index contributed by atoms with van der Waals surface area (Å²) in [4.78, 5) is 4.79. The van der Waals surface area contributed by atoms with Gasteiger partial charge in [-0.25, -0.2) is 0 Å². The first-order chi connectivity index (χ1) is 13.5. The second-order valence-corrected chi connectivity index (χ2v) is 6.47. The largest absolute Gasteiger partial charge is 0.507 e. The van der Waals surface area contributed by atoms with E-state index in [-0.39, 0.29) is 49.1 Å². The van der Waals surface area contributed by atoms with Gasteiger partial charge in [0.1, 0.15) is 5.75 Å². The van der Waals surface area contributed by atoms with Crippen LogP contribution >= 0.6 is 9.18 Å². The van der Waals surface area contributed by atoms with Gasteiger partial charge in [0, 0.05) is 51.8 Å². The van der Waals surface area contributed by atoms with Gasteiger partial charge in [-0.15, -0.1) is 19.4 Å². The van der Waals surface area contributed by atoms with Crippen molar-refractivity contribution in [3.05, 3.63) is 30.3 Å². The molecule has 3 heterocycles. The van der Waals surface area contributed by atoms with Crippen LogP contribution in [0.5, 0.6) is 5.75 Å². The summed E-state index contributed by atoms with van der Waals surface area (Å²) in [6, 6.07) is 10.3. The molecule has 1 aromatic heterocycles. The molecule has 3 N–H and O–H groups in total. The molecule has 2 aliphatic rings. The minimum atomic E-state index is 0. The molecular formula is C23H44N5OPW. The number of rotatable bonds is 2. The van der Waals surface area contributed by atoms with Gasteiger partial charge in [-0.05, 0) is 38.1 Å². The molecule has 2 fully saturated rings. The molecule has 178 valence electrons. The molecule has 6 nitrogen and oxygen atoms in total. The Labute approximate surface area is 208 Å². The predicted octanol–water partition coefficient (Wildman–Crippen LogP) is 5.14. The Balaban J connectivity index is -0.000000867. The number of nitrogens with two attached hydrogens (primary N) is 1. The number of piperazine rings is 1. The van der Waals surface area contributed by atoms with Crippen molar-refractivity contribution in [2.75, 3.05) is 37.4 Å². The van der Waals surface area contributed by atoms with Crippen LogP contribution in [0.15, 0.2) is 30.3 Å². The third-order valence-electron chi connectivity index (χ3n) is 5.17. The van der Waals surface area contributed by atoms with Crippen LogP contribution in [0.3, 0.4) is 0 Å². The van der Waals surface area contributed by atoms with E-state index in [4.69, 9.17) is 7.01 Å². The number of aromatic hydroxyl groups is 1. The first kappa shape index (κ1) is 32.0. The van der Waals surface area contributed by atoms with Crippen LogP contribution in [-0.4, -0.2) is 60.4 Å². The van der Waals surface area contributed by atoms with E-state index >= 15 is 0 Å². The van der Waals surface area contributed by atoms with Crippen molar-refractivity contribution in [3.8, 4) is 17.0 Å².